The van der Waals surface area contributed by atoms with Gasteiger partial charge in [-0.15, -0.1) is 11.3 Å². The number of methoxy groups -OCH3 is 1. The highest BCUT2D eigenvalue weighted by molar-refractivity contribution is 7.10. The first-order valence-electron chi connectivity index (χ1n) is 11.3. The first-order chi connectivity index (χ1) is 16.4. The molecule has 2 aromatic rings. The number of Topliss-reactive ketones (excluding diaryl/α,β-unsaturated/α-hetero) is 1. The van der Waals surface area contributed by atoms with E-state index in [4.69, 9.17) is 14.2 Å². The summed E-state index contributed by atoms with van der Waals surface area (Å²) < 4.78 is 16.1. The first kappa shape index (κ1) is 24.0. The molecule has 8 heteroatoms. The van der Waals surface area contributed by atoms with Gasteiger partial charge in [0.25, 0.3) is 0 Å². The van der Waals surface area contributed by atoms with Crippen molar-refractivity contribution in [1.82, 2.24) is 5.32 Å². The van der Waals surface area contributed by atoms with E-state index in [0.29, 0.717) is 47.6 Å². The zero-order valence-electron chi connectivity index (χ0n) is 19.6. The Kier molecular flexibility index (Phi) is 7.38. The molecule has 0 saturated heterocycles. The largest absolute Gasteiger partial charge is 0.504 e. The number of ether oxygens (including phenoxy) is 3. The van der Waals surface area contributed by atoms with E-state index in [1.54, 1.807) is 23.5 Å². The molecule has 0 spiro atoms. The van der Waals surface area contributed by atoms with Crippen LogP contribution in [0, 0.1) is 0 Å². The van der Waals surface area contributed by atoms with Crippen molar-refractivity contribution in [3.63, 3.8) is 0 Å². The number of allylic oxidation sites excluding steroid dienone is 3. The van der Waals surface area contributed by atoms with Crippen LogP contribution >= 0.6 is 11.3 Å². The number of benzene rings is 1. The van der Waals surface area contributed by atoms with E-state index >= 15 is 0 Å². The monoisotopic (exact) mass is 483 g/mol. The van der Waals surface area contributed by atoms with Crippen molar-refractivity contribution in [3.8, 4) is 11.5 Å². The predicted molar refractivity (Wildman–Crippen MR) is 129 cm³/mol. The highest BCUT2D eigenvalue weighted by Crippen LogP contribution is 2.47. The maximum atomic E-state index is 13.6. The summed E-state index contributed by atoms with van der Waals surface area (Å²) in [4.78, 5) is 27.9. The number of ketones is 1. The van der Waals surface area contributed by atoms with Crippen LogP contribution in [-0.4, -0.2) is 43.8 Å². The maximum absolute atomic E-state index is 13.6. The van der Waals surface area contributed by atoms with Crippen molar-refractivity contribution in [2.45, 2.75) is 38.5 Å². The normalized spacial score (nSPS) is 20.1. The Bertz CT molecular complexity index is 1130. The fourth-order valence-electron chi connectivity index (χ4n) is 4.64. The summed E-state index contributed by atoms with van der Waals surface area (Å²) in [6, 6.07) is 9.02. The van der Waals surface area contributed by atoms with Crippen LogP contribution in [-0.2, 0) is 19.1 Å². The molecule has 1 aliphatic heterocycles. The lowest BCUT2D eigenvalue weighted by Gasteiger charge is -2.36. The summed E-state index contributed by atoms with van der Waals surface area (Å²) in [5.74, 6) is -0.712. The second kappa shape index (κ2) is 10.4. The van der Waals surface area contributed by atoms with Crippen molar-refractivity contribution in [1.29, 1.82) is 0 Å². The van der Waals surface area contributed by atoms with Crippen LogP contribution in [0.25, 0.3) is 0 Å². The van der Waals surface area contributed by atoms with Crippen molar-refractivity contribution in [2.24, 2.45) is 0 Å². The van der Waals surface area contributed by atoms with Gasteiger partial charge in [-0.2, -0.15) is 0 Å². The zero-order chi connectivity index (χ0) is 24.2. The van der Waals surface area contributed by atoms with E-state index in [1.165, 1.54) is 18.1 Å². The van der Waals surface area contributed by atoms with E-state index in [0.717, 1.165) is 5.70 Å². The van der Waals surface area contributed by atoms with E-state index in [-0.39, 0.29) is 30.7 Å². The molecule has 0 unspecified atom stereocenters. The molecule has 180 valence electrons. The predicted octanol–water partition coefficient (Wildman–Crippen LogP) is 4.40. The van der Waals surface area contributed by atoms with Gasteiger partial charge in [0.2, 0.25) is 0 Å². The summed E-state index contributed by atoms with van der Waals surface area (Å²) in [5.41, 5.74) is 3.13. The summed E-state index contributed by atoms with van der Waals surface area (Å²) in [7, 11) is 1.54. The van der Waals surface area contributed by atoms with Crippen LogP contribution in [0.5, 0.6) is 11.5 Å². The highest BCUT2D eigenvalue weighted by Gasteiger charge is 2.41. The molecule has 2 N–H and O–H groups in total. The maximum Gasteiger partial charge on any atom is 0.336 e. The Hall–Kier alpha value is -3.10. The third kappa shape index (κ3) is 4.74. The van der Waals surface area contributed by atoms with Crippen molar-refractivity contribution in [2.75, 3.05) is 26.9 Å². The molecule has 1 aliphatic carbocycles. The molecule has 2 atom stereocenters. The number of hydrogen-bond donors (Lipinski definition) is 2. The average molecular weight is 484 g/mol. The number of dihydropyridines is 1. The van der Waals surface area contributed by atoms with E-state index in [2.05, 4.69) is 11.4 Å². The quantitative estimate of drug-likeness (QED) is 0.424. The molecule has 0 saturated carbocycles. The molecule has 1 aromatic heterocycles. The van der Waals surface area contributed by atoms with E-state index < -0.39 is 11.9 Å². The smallest absolute Gasteiger partial charge is 0.336 e. The molecule has 1 aromatic carbocycles. The van der Waals surface area contributed by atoms with Gasteiger partial charge in [-0.25, -0.2) is 4.79 Å². The molecule has 0 fully saturated rings. The van der Waals surface area contributed by atoms with Gasteiger partial charge in [0.1, 0.15) is 6.61 Å². The Morgan fingerprint density at radius 2 is 2.06 bits per heavy atom. The standard InChI is InChI=1S/C26H29NO6S/c1-4-32-21-14-16(7-8-19(21)28)24-23(26(30)33-10-9-31-3)15(2)27-18-12-17(13-20(29)25(18)24)22-6-5-11-34-22/h5-8,11,14,17,24,27-28H,4,9-10,12-13H2,1-3H3/t17-,24+/m0/s1. The zero-order valence-corrected chi connectivity index (χ0v) is 20.4. The van der Waals surface area contributed by atoms with Crippen molar-refractivity contribution >= 4 is 23.1 Å². The average Bonchev–Trinajstić information content (AvgIpc) is 3.35. The Morgan fingerprint density at radius 1 is 1.24 bits per heavy atom. The van der Waals surface area contributed by atoms with Gasteiger partial charge < -0.3 is 24.6 Å². The van der Waals surface area contributed by atoms with Crippen LogP contribution in [0.15, 0.2) is 58.3 Å². The number of thiophene rings is 1. The number of hydrogen-bond acceptors (Lipinski definition) is 8. The lowest BCUT2D eigenvalue weighted by Crippen LogP contribution is -2.36. The summed E-state index contributed by atoms with van der Waals surface area (Å²) >= 11 is 1.65. The molecular formula is C26H29NO6S. The first-order valence-corrected chi connectivity index (χ1v) is 12.2. The van der Waals surface area contributed by atoms with Gasteiger partial charge in [0.15, 0.2) is 17.3 Å². The number of carbonyl (C=O) groups is 2. The lowest BCUT2D eigenvalue weighted by molar-refractivity contribution is -0.140. The molecule has 0 radical (unpaired) electrons. The second-order valence-corrected chi connectivity index (χ2v) is 9.30. The minimum absolute atomic E-state index is 0.00197. The third-order valence-electron chi connectivity index (χ3n) is 6.13. The topological polar surface area (TPSA) is 94.1 Å². The highest BCUT2D eigenvalue weighted by atomic mass is 32.1. The number of esters is 1. The number of carbonyl (C=O) groups excluding carboxylic acids is 2. The van der Waals surface area contributed by atoms with Gasteiger partial charge in [0.05, 0.1) is 18.8 Å². The summed E-state index contributed by atoms with van der Waals surface area (Å²) in [5, 5.41) is 15.6. The Labute approximate surface area is 203 Å². The summed E-state index contributed by atoms with van der Waals surface area (Å²) in [6.07, 6.45) is 1.05. The minimum Gasteiger partial charge on any atom is -0.504 e. The molecule has 2 aliphatic rings. The third-order valence-corrected chi connectivity index (χ3v) is 7.17. The molecule has 2 heterocycles. The van der Waals surface area contributed by atoms with E-state index in [9.17, 15) is 14.7 Å². The van der Waals surface area contributed by atoms with Gasteiger partial charge in [-0.1, -0.05) is 12.1 Å². The van der Waals surface area contributed by atoms with Crippen molar-refractivity contribution in [3.05, 3.63) is 68.7 Å². The second-order valence-electron chi connectivity index (χ2n) is 8.32. The SMILES string of the molecule is CCOc1cc([C@@H]2C(C(=O)OCCOC)=C(C)NC3=C2C(=O)C[C@@H](c2cccs2)C3)ccc1O. The Morgan fingerprint density at radius 3 is 2.76 bits per heavy atom. The molecule has 34 heavy (non-hydrogen) atoms. The minimum atomic E-state index is -0.622. The van der Waals surface area contributed by atoms with E-state index in [1.807, 2.05) is 25.3 Å². The van der Waals surface area contributed by atoms with Gasteiger partial charge in [-0.3, -0.25) is 4.79 Å². The number of rotatable bonds is 8. The Balaban J connectivity index is 1.78. The van der Waals surface area contributed by atoms with Crippen LogP contribution in [0.4, 0.5) is 0 Å². The van der Waals surface area contributed by atoms with Crippen molar-refractivity contribution < 1.29 is 28.9 Å². The summed E-state index contributed by atoms with van der Waals surface area (Å²) in [6.45, 7) is 4.42. The van der Waals surface area contributed by atoms with Crippen LogP contribution < -0.4 is 10.1 Å². The lowest BCUT2D eigenvalue weighted by atomic mass is 9.72. The molecule has 4 rings (SSSR count). The van der Waals surface area contributed by atoms with Crippen LogP contribution in [0.1, 0.15) is 49.0 Å². The number of nitrogens with one attached hydrogen (secondary N) is 1. The molecule has 0 amide bonds. The molecule has 0 bridgehead atoms. The fourth-order valence-corrected chi connectivity index (χ4v) is 5.48. The molecule has 7 nitrogen and oxygen atoms in total. The van der Waals surface area contributed by atoms with Gasteiger partial charge in [-0.05, 0) is 49.4 Å². The number of aromatic hydroxyl groups is 1. The van der Waals surface area contributed by atoms with Gasteiger partial charge in [0, 0.05) is 47.2 Å². The van der Waals surface area contributed by atoms with Crippen LogP contribution in [0.3, 0.4) is 0 Å². The van der Waals surface area contributed by atoms with Crippen LogP contribution in [0.2, 0.25) is 0 Å². The fraction of sp³-hybridized carbons (Fsp3) is 0.385. The number of phenolic OH excluding ortho intramolecular Hbond substituents is 1. The van der Waals surface area contributed by atoms with Gasteiger partial charge >= 0.3 is 5.97 Å². The number of phenols is 1. The molecular weight excluding hydrogens is 454 g/mol.